The molecule has 6 heteroatoms. The first-order chi connectivity index (χ1) is 21.6. The normalized spacial score (nSPS) is 10.6. The van der Waals surface area contributed by atoms with Crippen molar-refractivity contribution in [1.82, 2.24) is 0 Å². The fourth-order valence-corrected chi connectivity index (χ4v) is 4.92. The molecule has 0 atom stereocenters. The van der Waals surface area contributed by atoms with Crippen LogP contribution in [0.3, 0.4) is 0 Å². The maximum absolute atomic E-state index is 12.4. The molecule has 0 aliphatic carbocycles. The number of nitrogens with one attached hydrogen (secondary N) is 2. The highest BCUT2D eigenvalue weighted by Crippen LogP contribution is 2.20. The molecule has 0 bridgehead atoms. The van der Waals surface area contributed by atoms with Crippen LogP contribution in [-0.2, 0) is 22.4 Å². The van der Waals surface area contributed by atoms with E-state index in [4.69, 9.17) is 9.47 Å². The predicted octanol–water partition coefficient (Wildman–Crippen LogP) is 8.63. The summed E-state index contributed by atoms with van der Waals surface area (Å²) in [5.41, 5.74) is 3.99. The van der Waals surface area contributed by atoms with E-state index in [1.807, 2.05) is 84.9 Å². The molecular formula is C38H44N2O4. The number of amides is 2. The zero-order valence-electron chi connectivity index (χ0n) is 25.5. The number of hydrogen-bond donors (Lipinski definition) is 2. The smallest absolute Gasteiger partial charge is 0.224 e. The van der Waals surface area contributed by atoms with Crippen molar-refractivity contribution in [3.63, 3.8) is 0 Å². The summed E-state index contributed by atoms with van der Waals surface area (Å²) in [4.78, 5) is 24.8. The number of benzene rings is 4. The van der Waals surface area contributed by atoms with Crippen molar-refractivity contribution < 1.29 is 19.1 Å². The SMILES string of the molecule is O=C(CCCCCCCCC(=O)Nc1cccc(OCCc2ccccc2)c1)Nc1cccc(OCCc2ccccc2)c1. The molecule has 0 aliphatic rings. The maximum atomic E-state index is 12.4. The fraction of sp³-hybridized carbons (Fsp3) is 0.316. The van der Waals surface area contributed by atoms with Gasteiger partial charge in [0.05, 0.1) is 13.2 Å². The van der Waals surface area contributed by atoms with Gasteiger partial charge in [0.2, 0.25) is 11.8 Å². The van der Waals surface area contributed by atoms with Crippen molar-refractivity contribution in [2.45, 2.75) is 64.2 Å². The lowest BCUT2D eigenvalue weighted by atomic mass is 10.1. The van der Waals surface area contributed by atoms with Crippen molar-refractivity contribution in [3.05, 3.63) is 120 Å². The van der Waals surface area contributed by atoms with Crippen LogP contribution in [0.5, 0.6) is 11.5 Å². The van der Waals surface area contributed by atoms with Crippen molar-refractivity contribution >= 4 is 23.2 Å². The van der Waals surface area contributed by atoms with Gasteiger partial charge in [-0.2, -0.15) is 0 Å². The molecule has 4 rings (SSSR count). The Morgan fingerprint density at radius 1 is 0.477 bits per heavy atom. The first kappa shape index (κ1) is 32.3. The number of hydrogen-bond acceptors (Lipinski definition) is 4. The lowest BCUT2D eigenvalue weighted by Gasteiger charge is -2.10. The van der Waals surface area contributed by atoms with Gasteiger partial charge in [-0.3, -0.25) is 9.59 Å². The standard InChI is InChI=1S/C38H44N2O4/c41-37(39-33-19-13-21-35(29-33)43-27-25-31-15-7-5-8-16-31)23-11-3-1-2-4-12-24-38(42)40-34-20-14-22-36(30-34)44-28-26-32-17-9-6-10-18-32/h5-10,13-22,29-30H,1-4,11-12,23-28H2,(H,39,41)(H,40,42). The van der Waals surface area contributed by atoms with Crippen molar-refractivity contribution in [3.8, 4) is 11.5 Å². The highest BCUT2D eigenvalue weighted by atomic mass is 16.5. The van der Waals surface area contributed by atoms with Gasteiger partial charge in [-0.1, -0.05) is 98.5 Å². The van der Waals surface area contributed by atoms with Gasteiger partial charge in [-0.05, 0) is 48.2 Å². The zero-order valence-corrected chi connectivity index (χ0v) is 25.5. The lowest BCUT2D eigenvalue weighted by molar-refractivity contribution is -0.117. The van der Waals surface area contributed by atoms with Crippen molar-refractivity contribution in [2.24, 2.45) is 0 Å². The van der Waals surface area contributed by atoms with Gasteiger partial charge in [-0.15, -0.1) is 0 Å². The summed E-state index contributed by atoms with van der Waals surface area (Å²) in [7, 11) is 0. The van der Waals surface area contributed by atoms with Gasteiger partial charge in [0.1, 0.15) is 11.5 Å². The van der Waals surface area contributed by atoms with Gasteiger partial charge in [0.15, 0.2) is 0 Å². The summed E-state index contributed by atoms with van der Waals surface area (Å²) in [6.45, 7) is 1.18. The highest BCUT2D eigenvalue weighted by molar-refractivity contribution is 5.91. The number of unbranched alkanes of at least 4 members (excludes halogenated alkanes) is 5. The molecule has 2 N–H and O–H groups in total. The average molecular weight is 593 g/mol. The van der Waals surface area contributed by atoms with Gasteiger partial charge in [0.25, 0.3) is 0 Å². The number of carbonyl (C=O) groups excluding carboxylic acids is 2. The van der Waals surface area contributed by atoms with Crippen LogP contribution in [0, 0.1) is 0 Å². The van der Waals surface area contributed by atoms with Crippen LogP contribution >= 0.6 is 0 Å². The van der Waals surface area contributed by atoms with Crippen LogP contribution in [-0.4, -0.2) is 25.0 Å². The van der Waals surface area contributed by atoms with Crippen LogP contribution in [0.25, 0.3) is 0 Å². The molecule has 44 heavy (non-hydrogen) atoms. The highest BCUT2D eigenvalue weighted by Gasteiger charge is 2.06. The van der Waals surface area contributed by atoms with E-state index in [2.05, 4.69) is 34.9 Å². The topological polar surface area (TPSA) is 76.7 Å². The Hall–Kier alpha value is -4.58. The molecule has 0 spiro atoms. The minimum atomic E-state index is 0.0220. The lowest BCUT2D eigenvalue weighted by Crippen LogP contribution is -2.11. The molecule has 6 nitrogen and oxygen atoms in total. The van der Waals surface area contributed by atoms with Crippen LogP contribution < -0.4 is 20.1 Å². The van der Waals surface area contributed by atoms with Gasteiger partial charge >= 0.3 is 0 Å². The third-order valence-corrected chi connectivity index (χ3v) is 7.30. The Kier molecular flexibility index (Phi) is 13.9. The number of carbonyl (C=O) groups is 2. The monoisotopic (exact) mass is 592 g/mol. The van der Waals surface area contributed by atoms with E-state index in [9.17, 15) is 9.59 Å². The van der Waals surface area contributed by atoms with E-state index in [-0.39, 0.29) is 11.8 Å². The first-order valence-corrected chi connectivity index (χ1v) is 15.8. The minimum Gasteiger partial charge on any atom is -0.493 e. The number of anilines is 2. The van der Waals surface area contributed by atoms with E-state index in [0.29, 0.717) is 26.1 Å². The summed E-state index contributed by atoms with van der Waals surface area (Å²) >= 11 is 0. The van der Waals surface area contributed by atoms with E-state index < -0.39 is 0 Å². The molecule has 4 aromatic carbocycles. The first-order valence-electron chi connectivity index (χ1n) is 15.8. The van der Waals surface area contributed by atoms with E-state index in [1.165, 1.54) is 11.1 Å². The zero-order chi connectivity index (χ0) is 30.7. The predicted molar refractivity (Wildman–Crippen MR) is 178 cm³/mol. The summed E-state index contributed by atoms with van der Waals surface area (Å²) < 4.78 is 11.7. The second kappa shape index (κ2) is 18.9. The quantitative estimate of drug-likeness (QED) is 0.107. The minimum absolute atomic E-state index is 0.0220. The Labute approximate surface area is 261 Å². The number of rotatable bonds is 19. The Balaban J connectivity index is 1.01. The second-order valence-electron chi connectivity index (χ2n) is 10.9. The molecule has 0 fully saturated rings. The molecule has 0 aliphatic heterocycles. The van der Waals surface area contributed by atoms with Crippen LogP contribution in [0.2, 0.25) is 0 Å². The van der Waals surface area contributed by atoms with E-state index in [0.717, 1.165) is 74.2 Å². The molecule has 2 amide bonds. The Bertz CT molecular complexity index is 1300. The van der Waals surface area contributed by atoms with E-state index >= 15 is 0 Å². The Morgan fingerprint density at radius 2 is 0.886 bits per heavy atom. The summed E-state index contributed by atoms with van der Waals surface area (Å²) in [6, 6.07) is 35.6. The molecule has 4 aromatic rings. The third kappa shape index (κ3) is 12.7. The van der Waals surface area contributed by atoms with Gasteiger partial charge in [0, 0.05) is 49.2 Å². The molecule has 0 unspecified atom stereocenters. The van der Waals surface area contributed by atoms with Gasteiger partial charge in [-0.25, -0.2) is 0 Å². The molecule has 0 heterocycles. The van der Waals surface area contributed by atoms with Crippen molar-refractivity contribution in [2.75, 3.05) is 23.8 Å². The molecule has 0 radical (unpaired) electrons. The number of ether oxygens (including phenoxy) is 2. The van der Waals surface area contributed by atoms with Crippen LogP contribution in [0.1, 0.15) is 62.5 Å². The molecular weight excluding hydrogens is 548 g/mol. The summed E-state index contributed by atoms with van der Waals surface area (Å²) in [5, 5.41) is 5.97. The molecule has 230 valence electrons. The average Bonchev–Trinajstić information content (AvgIpc) is 3.04. The van der Waals surface area contributed by atoms with Gasteiger partial charge < -0.3 is 20.1 Å². The van der Waals surface area contributed by atoms with Crippen LogP contribution in [0.4, 0.5) is 11.4 Å². The molecule has 0 saturated heterocycles. The summed E-state index contributed by atoms with van der Waals surface area (Å²) in [5.74, 6) is 1.55. The fourth-order valence-electron chi connectivity index (χ4n) is 4.92. The molecule has 0 saturated carbocycles. The molecule has 0 aromatic heterocycles. The summed E-state index contributed by atoms with van der Waals surface area (Å²) in [6.07, 6.45) is 8.48. The Morgan fingerprint density at radius 3 is 1.32 bits per heavy atom. The third-order valence-electron chi connectivity index (χ3n) is 7.30. The maximum Gasteiger partial charge on any atom is 0.224 e. The van der Waals surface area contributed by atoms with E-state index in [1.54, 1.807) is 0 Å². The van der Waals surface area contributed by atoms with Crippen LogP contribution in [0.15, 0.2) is 109 Å². The largest absolute Gasteiger partial charge is 0.493 e. The van der Waals surface area contributed by atoms with Crippen molar-refractivity contribution in [1.29, 1.82) is 0 Å². The second-order valence-corrected chi connectivity index (χ2v) is 10.9.